The molecule has 140 valence electrons. The van der Waals surface area contributed by atoms with Crippen molar-refractivity contribution in [2.75, 3.05) is 13.1 Å². The number of piperidine rings is 1. The molecule has 7 nitrogen and oxygen atoms in total. The Kier molecular flexibility index (Phi) is 5.29. The zero-order valence-electron chi connectivity index (χ0n) is 15.4. The third-order valence-corrected chi connectivity index (χ3v) is 5.36. The number of benzene rings is 1. The minimum atomic E-state index is -0.464. The van der Waals surface area contributed by atoms with E-state index in [9.17, 15) is 4.79 Å². The summed E-state index contributed by atoms with van der Waals surface area (Å²) in [5.74, 6) is 0.501. The van der Waals surface area contributed by atoms with Crippen molar-refractivity contribution >= 4 is 17.5 Å². The molecule has 1 amide bonds. The molecule has 0 radical (unpaired) electrons. The summed E-state index contributed by atoms with van der Waals surface area (Å²) in [6.07, 6.45) is 1.40. The van der Waals surface area contributed by atoms with Gasteiger partial charge in [-0.15, -0.1) is 10.2 Å². The molecule has 2 unspecified atom stereocenters. The normalized spacial score (nSPS) is 20.8. The second-order valence-electron chi connectivity index (χ2n) is 7.51. The molecule has 0 saturated carbocycles. The first kappa shape index (κ1) is 18.8. The maximum Gasteiger partial charge on any atom is 0.249 e. The van der Waals surface area contributed by atoms with Crippen molar-refractivity contribution in [1.82, 2.24) is 25.1 Å². The number of carbonyl (C=O) groups excluding carboxylic acids is 1. The van der Waals surface area contributed by atoms with Gasteiger partial charge in [0.15, 0.2) is 6.04 Å². The van der Waals surface area contributed by atoms with Crippen LogP contribution in [0.3, 0.4) is 0 Å². The Morgan fingerprint density at radius 3 is 2.69 bits per heavy atom. The SMILES string of the molecule is CCC(C(=O)N1CCC(N)C(C)(C)C1)n1nnc(-c2ccc(Cl)cc2)n1. The van der Waals surface area contributed by atoms with E-state index < -0.39 is 6.04 Å². The number of rotatable bonds is 4. The van der Waals surface area contributed by atoms with Gasteiger partial charge < -0.3 is 10.6 Å². The zero-order valence-corrected chi connectivity index (χ0v) is 16.1. The summed E-state index contributed by atoms with van der Waals surface area (Å²) in [5, 5.41) is 13.3. The van der Waals surface area contributed by atoms with Crippen LogP contribution < -0.4 is 5.73 Å². The average molecular weight is 377 g/mol. The van der Waals surface area contributed by atoms with Gasteiger partial charge in [-0.05, 0) is 47.7 Å². The second-order valence-corrected chi connectivity index (χ2v) is 7.94. The molecular formula is C18H25ClN6O. The van der Waals surface area contributed by atoms with Gasteiger partial charge in [0.25, 0.3) is 0 Å². The van der Waals surface area contributed by atoms with Gasteiger partial charge in [0.05, 0.1) is 0 Å². The van der Waals surface area contributed by atoms with Crippen LogP contribution in [0.15, 0.2) is 24.3 Å². The van der Waals surface area contributed by atoms with E-state index in [4.69, 9.17) is 17.3 Å². The Morgan fingerprint density at radius 2 is 2.08 bits per heavy atom. The fourth-order valence-corrected chi connectivity index (χ4v) is 3.41. The molecule has 26 heavy (non-hydrogen) atoms. The topological polar surface area (TPSA) is 89.9 Å². The van der Waals surface area contributed by atoms with Gasteiger partial charge in [-0.2, -0.15) is 4.80 Å². The summed E-state index contributed by atoms with van der Waals surface area (Å²) >= 11 is 5.92. The lowest BCUT2D eigenvalue weighted by molar-refractivity contribution is -0.139. The standard InChI is InChI=1S/C18H25ClN6O/c1-4-14(17(26)24-10-9-15(20)18(2,3)11-24)25-22-16(21-23-25)12-5-7-13(19)8-6-12/h5-8,14-15H,4,9-11,20H2,1-3H3. The third kappa shape index (κ3) is 3.73. The molecule has 1 aromatic heterocycles. The van der Waals surface area contributed by atoms with E-state index in [1.54, 1.807) is 12.1 Å². The number of carbonyl (C=O) groups is 1. The van der Waals surface area contributed by atoms with Crippen LogP contribution in [0, 0.1) is 5.41 Å². The molecule has 2 aromatic rings. The van der Waals surface area contributed by atoms with Crippen molar-refractivity contribution < 1.29 is 4.79 Å². The molecule has 1 aliphatic rings. The maximum atomic E-state index is 13.1. The fourth-order valence-electron chi connectivity index (χ4n) is 3.28. The highest BCUT2D eigenvalue weighted by Crippen LogP contribution is 2.29. The van der Waals surface area contributed by atoms with Crippen LogP contribution in [0.4, 0.5) is 0 Å². The van der Waals surface area contributed by atoms with Gasteiger partial charge in [-0.3, -0.25) is 4.79 Å². The van der Waals surface area contributed by atoms with E-state index in [1.807, 2.05) is 24.0 Å². The number of hydrogen-bond acceptors (Lipinski definition) is 5. The minimum Gasteiger partial charge on any atom is -0.340 e. The van der Waals surface area contributed by atoms with E-state index in [0.29, 0.717) is 30.4 Å². The van der Waals surface area contributed by atoms with Gasteiger partial charge >= 0.3 is 0 Å². The van der Waals surface area contributed by atoms with Crippen molar-refractivity contribution in [3.63, 3.8) is 0 Å². The highest BCUT2D eigenvalue weighted by Gasteiger charge is 2.37. The Balaban J connectivity index is 1.78. The van der Waals surface area contributed by atoms with Gasteiger partial charge in [0.1, 0.15) is 0 Å². The van der Waals surface area contributed by atoms with Gasteiger partial charge in [-0.25, -0.2) is 0 Å². The van der Waals surface area contributed by atoms with E-state index in [1.165, 1.54) is 4.80 Å². The molecule has 1 aromatic carbocycles. The lowest BCUT2D eigenvalue weighted by Gasteiger charge is -2.43. The summed E-state index contributed by atoms with van der Waals surface area (Å²) in [6.45, 7) is 7.46. The van der Waals surface area contributed by atoms with E-state index in [0.717, 1.165) is 12.0 Å². The van der Waals surface area contributed by atoms with Crippen LogP contribution in [0.2, 0.25) is 5.02 Å². The van der Waals surface area contributed by atoms with Crippen LogP contribution in [-0.4, -0.2) is 50.1 Å². The number of aromatic nitrogens is 4. The summed E-state index contributed by atoms with van der Waals surface area (Å²) < 4.78 is 0. The monoisotopic (exact) mass is 376 g/mol. The Bertz CT molecular complexity index is 772. The van der Waals surface area contributed by atoms with Crippen molar-refractivity contribution in [3.05, 3.63) is 29.3 Å². The highest BCUT2D eigenvalue weighted by molar-refractivity contribution is 6.30. The number of halogens is 1. The Hall–Kier alpha value is -1.99. The van der Waals surface area contributed by atoms with E-state index in [-0.39, 0.29) is 17.4 Å². The molecule has 0 bridgehead atoms. The molecule has 1 aliphatic heterocycles. The Morgan fingerprint density at radius 1 is 1.38 bits per heavy atom. The number of amides is 1. The lowest BCUT2D eigenvalue weighted by atomic mass is 9.79. The third-order valence-electron chi connectivity index (χ3n) is 5.11. The van der Waals surface area contributed by atoms with Crippen LogP contribution in [0.5, 0.6) is 0 Å². The van der Waals surface area contributed by atoms with Crippen LogP contribution in [0.1, 0.15) is 39.7 Å². The Labute approximate surface area is 158 Å². The van der Waals surface area contributed by atoms with E-state index in [2.05, 4.69) is 29.3 Å². The predicted molar refractivity (Wildman–Crippen MR) is 101 cm³/mol. The fraction of sp³-hybridized carbons (Fsp3) is 0.556. The van der Waals surface area contributed by atoms with Gasteiger partial charge in [-0.1, -0.05) is 32.4 Å². The average Bonchev–Trinajstić information content (AvgIpc) is 3.08. The molecule has 8 heteroatoms. The molecule has 1 saturated heterocycles. The van der Waals surface area contributed by atoms with Gasteiger partial charge in [0.2, 0.25) is 11.7 Å². The number of tetrazole rings is 1. The van der Waals surface area contributed by atoms with Gasteiger partial charge in [0, 0.05) is 29.7 Å². The summed E-state index contributed by atoms with van der Waals surface area (Å²) in [4.78, 5) is 16.4. The van der Waals surface area contributed by atoms with Crippen molar-refractivity contribution in [3.8, 4) is 11.4 Å². The molecule has 2 atom stereocenters. The number of likely N-dealkylation sites (tertiary alicyclic amines) is 1. The molecule has 2 N–H and O–H groups in total. The molecular weight excluding hydrogens is 352 g/mol. The predicted octanol–water partition coefficient (Wildman–Crippen LogP) is 2.53. The number of nitrogens with two attached hydrogens (primary N) is 1. The van der Waals surface area contributed by atoms with Crippen LogP contribution >= 0.6 is 11.6 Å². The highest BCUT2D eigenvalue weighted by atomic mass is 35.5. The summed E-state index contributed by atoms with van der Waals surface area (Å²) in [7, 11) is 0. The molecule has 1 fully saturated rings. The van der Waals surface area contributed by atoms with Crippen LogP contribution in [-0.2, 0) is 4.79 Å². The first-order valence-electron chi connectivity index (χ1n) is 8.91. The van der Waals surface area contributed by atoms with Crippen molar-refractivity contribution in [1.29, 1.82) is 0 Å². The second kappa shape index (κ2) is 7.32. The molecule has 2 heterocycles. The van der Waals surface area contributed by atoms with E-state index >= 15 is 0 Å². The molecule has 0 aliphatic carbocycles. The van der Waals surface area contributed by atoms with Crippen LogP contribution in [0.25, 0.3) is 11.4 Å². The number of hydrogen-bond donors (Lipinski definition) is 1. The quantitative estimate of drug-likeness (QED) is 0.885. The first-order valence-corrected chi connectivity index (χ1v) is 9.29. The first-order chi connectivity index (χ1) is 12.3. The zero-order chi connectivity index (χ0) is 18.9. The smallest absolute Gasteiger partial charge is 0.249 e. The molecule has 3 rings (SSSR count). The van der Waals surface area contributed by atoms with Crippen molar-refractivity contribution in [2.45, 2.75) is 45.7 Å². The number of nitrogens with zero attached hydrogens (tertiary/aromatic N) is 5. The largest absolute Gasteiger partial charge is 0.340 e. The van der Waals surface area contributed by atoms with Crippen molar-refractivity contribution in [2.24, 2.45) is 11.1 Å². The summed E-state index contributed by atoms with van der Waals surface area (Å²) in [5.41, 5.74) is 6.90. The minimum absolute atomic E-state index is 0.0209. The summed E-state index contributed by atoms with van der Waals surface area (Å²) in [6, 6.07) is 6.86. The molecule has 0 spiro atoms. The lowest BCUT2D eigenvalue weighted by Crippen LogP contribution is -2.55. The maximum absolute atomic E-state index is 13.1.